The van der Waals surface area contributed by atoms with Gasteiger partial charge in [0.2, 0.25) is 0 Å². The second-order valence-corrected chi connectivity index (χ2v) is 4.99. The summed E-state index contributed by atoms with van der Waals surface area (Å²) in [6, 6.07) is 6.63. The van der Waals surface area contributed by atoms with E-state index in [0.717, 1.165) is 6.54 Å². The average molecular weight is 226 g/mol. The first-order valence-corrected chi connectivity index (χ1v) is 6.15. The summed E-state index contributed by atoms with van der Waals surface area (Å²) in [5.41, 5.74) is 8.36. The van der Waals surface area contributed by atoms with E-state index in [1.54, 1.807) is 0 Å². The Bertz CT molecular complexity index is 617. The molecule has 0 bridgehead atoms. The molecule has 88 valence electrons. The third-order valence-electron chi connectivity index (χ3n) is 3.55. The van der Waals surface area contributed by atoms with Gasteiger partial charge in [0.25, 0.3) is 0 Å². The Kier molecular flexibility index (Phi) is 2.33. The smallest absolute Gasteiger partial charge is 0.0472 e. The van der Waals surface area contributed by atoms with Gasteiger partial charge in [-0.15, -0.1) is 0 Å². The fourth-order valence-electron chi connectivity index (χ4n) is 2.50. The molecule has 0 saturated heterocycles. The van der Waals surface area contributed by atoms with Gasteiger partial charge in [0.15, 0.2) is 0 Å². The lowest BCUT2D eigenvalue weighted by Crippen LogP contribution is -2.05. The van der Waals surface area contributed by atoms with Crippen molar-refractivity contribution in [2.45, 2.75) is 26.8 Å². The quantitative estimate of drug-likeness (QED) is 0.825. The minimum absolute atomic E-state index is 0.926. The van der Waals surface area contributed by atoms with Crippen LogP contribution < -0.4 is 5.32 Å². The van der Waals surface area contributed by atoms with Gasteiger partial charge in [0.1, 0.15) is 0 Å². The number of hydrogen-bond donors (Lipinski definition) is 2. The Balaban J connectivity index is 2.24. The van der Waals surface area contributed by atoms with E-state index in [-0.39, 0.29) is 0 Å². The summed E-state index contributed by atoms with van der Waals surface area (Å²) < 4.78 is 0. The van der Waals surface area contributed by atoms with Crippen molar-refractivity contribution in [3.8, 4) is 0 Å². The van der Waals surface area contributed by atoms with E-state index < -0.39 is 0 Å². The number of hydrogen-bond acceptors (Lipinski definition) is 1. The number of aryl methyl sites for hydroxylation is 1. The summed E-state index contributed by atoms with van der Waals surface area (Å²) in [7, 11) is 2.01. The van der Waals surface area contributed by atoms with Crippen molar-refractivity contribution in [1.29, 1.82) is 0 Å². The van der Waals surface area contributed by atoms with Gasteiger partial charge >= 0.3 is 0 Å². The van der Waals surface area contributed by atoms with Gasteiger partial charge in [-0.3, -0.25) is 0 Å². The summed E-state index contributed by atoms with van der Waals surface area (Å²) in [6.45, 7) is 5.29. The number of aromatic nitrogens is 1. The second-order valence-electron chi connectivity index (χ2n) is 4.99. The second kappa shape index (κ2) is 3.74. The number of rotatable bonds is 3. The predicted octanol–water partition coefficient (Wildman–Crippen LogP) is 3.37. The fourth-order valence-corrected chi connectivity index (χ4v) is 2.50. The molecule has 0 aliphatic heterocycles. The van der Waals surface area contributed by atoms with E-state index in [2.05, 4.69) is 42.3 Å². The van der Waals surface area contributed by atoms with Crippen LogP contribution in [0.1, 0.15) is 30.2 Å². The maximum atomic E-state index is 3.57. The van der Waals surface area contributed by atoms with Crippen molar-refractivity contribution in [2.75, 3.05) is 7.05 Å². The zero-order valence-electron chi connectivity index (χ0n) is 10.6. The van der Waals surface area contributed by atoms with Crippen molar-refractivity contribution < 1.29 is 0 Å². The summed E-state index contributed by atoms with van der Waals surface area (Å²) in [6.07, 6.45) is 1.17. The minimum Gasteiger partial charge on any atom is -0.355 e. The van der Waals surface area contributed by atoms with Gasteiger partial charge in [0.05, 0.1) is 0 Å². The average Bonchev–Trinajstić information content (AvgIpc) is 2.92. The van der Waals surface area contributed by atoms with Crippen molar-refractivity contribution >= 4 is 16.5 Å². The molecule has 0 saturated carbocycles. The fraction of sp³-hybridized carbons (Fsp3) is 0.333. The molecular weight excluding hydrogens is 208 g/mol. The molecule has 0 unspecified atom stereocenters. The van der Waals surface area contributed by atoms with Crippen LogP contribution in [0, 0.1) is 6.92 Å². The molecule has 2 nitrogen and oxygen atoms in total. The molecule has 1 aromatic heterocycles. The molecule has 1 aliphatic rings. The summed E-state index contributed by atoms with van der Waals surface area (Å²) >= 11 is 0. The van der Waals surface area contributed by atoms with E-state index in [1.165, 1.54) is 45.3 Å². The first-order chi connectivity index (χ1) is 8.20. The normalized spacial score (nSPS) is 14.8. The number of fused-ring (bicyclic) bond motifs is 1. The Labute approximate surface area is 102 Å². The van der Waals surface area contributed by atoms with E-state index in [0.29, 0.717) is 0 Å². The van der Waals surface area contributed by atoms with Gasteiger partial charge in [0, 0.05) is 23.1 Å². The van der Waals surface area contributed by atoms with Crippen LogP contribution in [0.4, 0.5) is 0 Å². The van der Waals surface area contributed by atoms with Gasteiger partial charge in [-0.25, -0.2) is 0 Å². The Morgan fingerprint density at radius 1 is 1.29 bits per heavy atom. The van der Waals surface area contributed by atoms with Crippen molar-refractivity contribution in [3.05, 3.63) is 40.6 Å². The van der Waals surface area contributed by atoms with Crippen LogP contribution in [0.25, 0.3) is 16.5 Å². The maximum Gasteiger partial charge on any atom is 0.0472 e. The van der Waals surface area contributed by atoms with Gasteiger partial charge in [-0.1, -0.05) is 17.2 Å². The van der Waals surface area contributed by atoms with E-state index in [1.807, 2.05) is 7.05 Å². The molecule has 0 fully saturated rings. The third-order valence-corrected chi connectivity index (χ3v) is 3.55. The number of benzene rings is 1. The molecule has 0 spiro atoms. The minimum atomic E-state index is 0.926. The van der Waals surface area contributed by atoms with Crippen LogP contribution in [0.5, 0.6) is 0 Å². The molecule has 1 aromatic carbocycles. The highest BCUT2D eigenvalue weighted by Gasteiger charge is 2.24. The third kappa shape index (κ3) is 1.69. The monoisotopic (exact) mass is 226 g/mol. The molecule has 0 amide bonds. The first kappa shape index (κ1) is 10.6. The molecule has 2 N–H and O–H groups in total. The highest BCUT2D eigenvalue weighted by molar-refractivity contribution is 5.93. The van der Waals surface area contributed by atoms with Crippen LogP contribution in [0.2, 0.25) is 0 Å². The van der Waals surface area contributed by atoms with Crippen LogP contribution in [0.15, 0.2) is 23.8 Å². The molecule has 17 heavy (non-hydrogen) atoms. The highest BCUT2D eigenvalue weighted by atomic mass is 14.8. The van der Waals surface area contributed by atoms with E-state index in [4.69, 9.17) is 0 Å². The summed E-state index contributed by atoms with van der Waals surface area (Å²) in [4.78, 5) is 3.57. The lowest BCUT2D eigenvalue weighted by Gasteiger charge is -2.01. The molecule has 2 heteroatoms. The largest absolute Gasteiger partial charge is 0.355 e. The van der Waals surface area contributed by atoms with Crippen molar-refractivity contribution in [2.24, 2.45) is 0 Å². The van der Waals surface area contributed by atoms with Crippen LogP contribution >= 0.6 is 0 Å². The standard InChI is InChI=1S/C15H18N2/c1-9-4-5-14-12(6-9)13(8-16-3)15(17-14)11-7-10(11)2/h4-6,16-17H,7-8H2,1-3H3. The Morgan fingerprint density at radius 3 is 2.71 bits per heavy atom. The molecular formula is C15H18N2. The molecule has 0 atom stereocenters. The van der Waals surface area contributed by atoms with Crippen molar-refractivity contribution in [1.82, 2.24) is 10.3 Å². The van der Waals surface area contributed by atoms with Crippen LogP contribution in [-0.2, 0) is 6.54 Å². The van der Waals surface area contributed by atoms with Crippen LogP contribution in [-0.4, -0.2) is 12.0 Å². The zero-order chi connectivity index (χ0) is 12.0. The molecule has 0 radical (unpaired) electrons. The lowest BCUT2D eigenvalue weighted by molar-refractivity contribution is 0.821. The molecule has 1 aliphatic carbocycles. The SMILES string of the molecule is CNCc1c(C2=C(C)C2)[nH]c2ccc(C)cc12. The zero-order valence-corrected chi connectivity index (χ0v) is 10.6. The molecule has 2 aromatic rings. The summed E-state index contributed by atoms with van der Waals surface area (Å²) in [5.74, 6) is 0. The number of aromatic amines is 1. The van der Waals surface area contributed by atoms with Gasteiger partial charge in [-0.2, -0.15) is 0 Å². The lowest BCUT2D eigenvalue weighted by atomic mass is 10.1. The molecule has 3 rings (SSSR count). The Morgan fingerprint density at radius 2 is 2.06 bits per heavy atom. The maximum absolute atomic E-state index is 3.57. The van der Waals surface area contributed by atoms with Gasteiger partial charge in [-0.05, 0) is 50.6 Å². The predicted molar refractivity (Wildman–Crippen MR) is 73.0 cm³/mol. The number of H-pyrrole nitrogens is 1. The first-order valence-electron chi connectivity index (χ1n) is 6.15. The highest BCUT2D eigenvalue weighted by Crippen LogP contribution is 2.42. The topological polar surface area (TPSA) is 27.8 Å². The number of nitrogens with one attached hydrogen (secondary N) is 2. The number of allylic oxidation sites excluding steroid dienone is 2. The Hall–Kier alpha value is -1.54. The van der Waals surface area contributed by atoms with Crippen LogP contribution in [0.3, 0.4) is 0 Å². The van der Waals surface area contributed by atoms with Gasteiger partial charge < -0.3 is 10.3 Å². The van der Waals surface area contributed by atoms with E-state index in [9.17, 15) is 0 Å². The van der Waals surface area contributed by atoms with Crippen molar-refractivity contribution in [3.63, 3.8) is 0 Å². The summed E-state index contributed by atoms with van der Waals surface area (Å²) in [5, 5.41) is 4.64. The molecule has 1 heterocycles. The van der Waals surface area contributed by atoms with E-state index >= 15 is 0 Å².